The van der Waals surface area contributed by atoms with Gasteiger partial charge in [-0.25, -0.2) is 18.7 Å². The summed E-state index contributed by atoms with van der Waals surface area (Å²) < 4.78 is 28.7. The summed E-state index contributed by atoms with van der Waals surface area (Å²) in [5.74, 6) is 1.40. The normalized spacial score (nSPS) is 11.4. The van der Waals surface area contributed by atoms with Crippen molar-refractivity contribution in [3.05, 3.63) is 17.3 Å². The van der Waals surface area contributed by atoms with Crippen molar-refractivity contribution >= 4 is 27.4 Å². The van der Waals surface area contributed by atoms with Crippen LogP contribution in [0.15, 0.2) is 11.4 Å². The molecule has 104 valence electrons. The SMILES string of the molecule is CCNc1nc(CCOCC(F)F)nc2sccc12. The van der Waals surface area contributed by atoms with Crippen molar-refractivity contribution in [1.29, 1.82) is 0 Å². The maximum Gasteiger partial charge on any atom is 0.261 e. The van der Waals surface area contributed by atoms with Gasteiger partial charge in [-0.05, 0) is 18.4 Å². The third kappa shape index (κ3) is 3.81. The van der Waals surface area contributed by atoms with Crippen LogP contribution >= 0.6 is 11.3 Å². The van der Waals surface area contributed by atoms with Gasteiger partial charge in [0.1, 0.15) is 23.1 Å². The molecule has 2 rings (SSSR count). The van der Waals surface area contributed by atoms with Crippen molar-refractivity contribution in [1.82, 2.24) is 9.97 Å². The van der Waals surface area contributed by atoms with Gasteiger partial charge in [0.25, 0.3) is 6.43 Å². The Bertz CT molecular complexity index is 533. The van der Waals surface area contributed by atoms with Gasteiger partial charge >= 0.3 is 0 Å². The Morgan fingerprint density at radius 1 is 1.42 bits per heavy atom. The number of anilines is 1. The summed E-state index contributed by atoms with van der Waals surface area (Å²) in [6.07, 6.45) is -2.00. The monoisotopic (exact) mass is 287 g/mol. The quantitative estimate of drug-likeness (QED) is 0.795. The smallest absolute Gasteiger partial charge is 0.261 e. The number of halogens is 2. The number of nitrogens with one attached hydrogen (secondary N) is 1. The summed E-state index contributed by atoms with van der Waals surface area (Å²) >= 11 is 1.53. The van der Waals surface area contributed by atoms with E-state index in [2.05, 4.69) is 15.3 Å². The summed E-state index contributed by atoms with van der Waals surface area (Å²) in [5.41, 5.74) is 0. The Kier molecular flexibility index (Phi) is 4.98. The predicted molar refractivity (Wildman–Crippen MR) is 72.1 cm³/mol. The predicted octanol–water partition coefficient (Wildman–Crippen LogP) is 2.95. The van der Waals surface area contributed by atoms with E-state index in [1.54, 1.807) is 0 Å². The van der Waals surface area contributed by atoms with Crippen molar-refractivity contribution in [2.45, 2.75) is 19.8 Å². The fourth-order valence-electron chi connectivity index (χ4n) is 1.65. The number of hydrogen-bond donors (Lipinski definition) is 1. The maximum atomic E-state index is 11.9. The first-order chi connectivity index (χ1) is 9.20. The molecular weight excluding hydrogens is 272 g/mol. The molecule has 2 aromatic heterocycles. The fraction of sp³-hybridized carbons (Fsp3) is 0.500. The van der Waals surface area contributed by atoms with Crippen LogP contribution in [0.1, 0.15) is 12.7 Å². The molecule has 2 heterocycles. The molecule has 0 spiro atoms. The molecule has 4 nitrogen and oxygen atoms in total. The molecule has 7 heteroatoms. The third-order valence-electron chi connectivity index (χ3n) is 2.43. The highest BCUT2D eigenvalue weighted by molar-refractivity contribution is 7.16. The van der Waals surface area contributed by atoms with Gasteiger partial charge in [0.05, 0.1) is 12.0 Å². The summed E-state index contributed by atoms with van der Waals surface area (Å²) in [5, 5.41) is 6.13. The zero-order valence-corrected chi connectivity index (χ0v) is 11.3. The Labute approximate surface area is 113 Å². The number of fused-ring (bicyclic) bond motifs is 1. The number of aromatic nitrogens is 2. The van der Waals surface area contributed by atoms with E-state index in [0.717, 1.165) is 22.6 Å². The lowest BCUT2D eigenvalue weighted by atomic mass is 10.3. The molecule has 19 heavy (non-hydrogen) atoms. The van der Waals surface area contributed by atoms with Crippen LogP contribution in [0.5, 0.6) is 0 Å². The molecule has 2 aromatic rings. The molecular formula is C12H15F2N3OS. The van der Waals surface area contributed by atoms with Crippen LogP contribution in [0, 0.1) is 0 Å². The average molecular weight is 287 g/mol. The van der Waals surface area contributed by atoms with E-state index in [-0.39, 0.29) is 6.61 Å². The molecule has 0 aliphatic carbocycles. The molecule has 0 radical (unpaired) electrons. The van der Waals surface area contributed by atoms with Gasteiger partial charge in [-0.2, -0.15) is 0 Å². The second-order valence-electron chi connectivity index (χ2n) is 3.87. The van der Waals surface area contributed by atoms with Crippen molar-refractivity contribution in [3.8, 4) is 0 Å². The topological polar surface area (TPSA) is 47.0 Å². The second-order valence-corrected chi connectivity index (χ2v) is 4.77. The molecule has 0 fully saturated rings. The standard InChI is InChI=1S/C12H15F2N3OS/c1-2-15-11-8-4-6-19-12(8)17-10(16-11)3-5-18-7-9(13)14/h4,6,9H,2-3,5,7H2,1H3,(H,15,16,17). The number of alkyl halides is 2. The lowest BCUT2D eigenvalue weighted by Crippen LogP contribution is -2.10. The van der Waals surface area contributed by atoms with E-state index < -0.39 is 13.0 Å². The summed E-state index contributed by atoms with van der Waals surface area (Å²) in [4.78, 5) is 9.69. The second kappa shape index (κ2) is 6.72. The van der Waals surface area contributed by atoms with Gasteiger partial charge in [-0.15, -0.1) is 11.3 Å². The third-order valence-corrected chi connectivity index (χ3v) is 3.24. The zero-order valence-electron chi connectivity index (χ0n) is 10.5. The largest absolute Gasteiger partial charge is 0.375 e. The highest BCUT2D eigenvalue weighted by atomic mass is 32.1. The Hall–Kier alpha value is -1.34. The van der Waals surface area contributed by atoms with Gasteiger partial charge in [0, 0.05) is 13.0 Å². The molecule has 0 saturated carbocycles. The first-order valence-corrected chi connectivity index (χ1v) is 6.92. The summed E-state index contributed by atoms with van der Waals surface area (Å²) in [6.45, 7) is 2.42. The highest BCUT2D eigenvalue weighted by Gasteiger charge is 2.09. The van der Waals surface area contributed by atoms with E-state index in [1.165, 1.54) is 11.3 Å². The minimum absolute atomic E-state index is 0.201. The van der Waals surface area contributed by atoms with Gasteiger partial charge in [-0.1, -0.05) is 0 Å². The molecule has 0 saturated heterocycles. The number of thiophene rings is 1. The van der Waals surface area contributed by atoms with Crippen molar-refractivity contribution in [2.75, 3.05) is 25.1 Å². The Morgan fingerprint density at radius 2 is 2.26 bits per heavy atom. The Balaban J connectivity index is 2.06. The molecule has 0 bridgehead atoms. The average Bonchev–Trinajstić information content (AvgIpc) is 2.83. The molecule has 0 atom stereocenters. The van der Waals surface area contributed by atoms with Gasteiger partial charge in [0.15, 0.2) is 0 Å². The van der Waals surface area contributed by atoms with Crippen molar-refractivity contribution in [2.24, 2.45) is 0 Å². The van der Waals surface area contributed by atoms with Gasteiger partial charge < -0.3 is 10.1 Å². The minimum atomic E-state index is -2.43. The van der Waals surface area contributed by atoms with E-state index in [0.29, 0.717) is 12.2 Å². The molecule has 0 unspecified atom stereocenters. The van der Waals surface area contributed by atoms with Gasteiger partial charge in [-0.3, -0.25) is 0 Å². The minimum Gasteiger partial charge on any atom is -0.375 e. The summed E-state index contributed by atoms with van der Waals surface area (Å²) in [6, 6.07) is 1.97. The fourth-order valence-corrected chi connectivity index (χ4v) is 2.43. The van der Waals surface area contributed by atoms with Crippen LogP contribution in [-0.2, 0) is 11.2 Å². The van der Waals surface area contributed by atoms with Crippen molar-refractivity contribution in [3.63, 3.8) is 0 Å². The number of rotatable bonds is 7. The van der Waals surface area contributed by atoms with Gasteiger partial charge in [0.2, 0.25) is 0 Å². The van der Waals surface area contributed by atoms with Crippen LogP contribution in [0.3, 0.4) is 0 Å². The van der Waals surface area contributed by atoms with E-state index >= 15 is 0 Å². The van der Waals surface area contributed by atoms with Crippen molar-refractivity contribution < 1.29 is 13.5 Å². The first-order valence-electron chi connectivity index (χ1n) is 6.04. The number of ether oxygens (including phenoxy) is 1. The van der Waals surface area contributed by atoms with E-state index in [4.69, 9.17) is 4.74 Å². The van der Waals surface area contributed by atoms with E-state index in [1.807, 2.05) is 18.4 Å². The molecule has 0 aliphatic rings. The van der Waals surface area contributed by atoms with E-state index in [9.17, 15) is 8.78 Å². The Morgan fingerprint density at radius 3 is 3.00 bits per heavy atom. The van der Waals surface area contributed by atoms with Crippen LogP contribution in [0.4, 0.5) is 14.6 Å². The maximum absolute atomic E-state index is 11.9. The molecule has 0 aliphatic heterocycles. The van der Waals surface area contributed by atoms with Crippen LogP contribution in [0.2, 0.25) is 0 Å². The molecule has 1 N–H and O–H groups in total. The number of nitrogens with zero attached hydrogens (tertiary/aromatic N) is 2. The molecule has 0 aromatic carbocycles. The van der Waals surface area contributed by atoms with Crippen LogP contribution in [-0.4, -0.2) is 36.2 Å². The highest BCUT2D eigenvalue weighted by Crippen LogP contribution is 2.25. The first kappa shape index (κ1) is 14.1. The molecule has 0 amide bonds. The summed E-state index contributed by atoms with van der Waals surface area (Å²) in [7, 11) is 0. The zero-order chi connectivity index (χ0) is 13.7. The number of hydrogen-bond acceptors (Lipinski definition) is 5. The van der Waals surface area contributed by atoms with Crippen LogP contribution < -0.4 is 5.32 Å². The lowest BCUT2D eigenvalue weighted by molar-refractivity contribution is 0.0183. The lowest BCUT2D eigenvalue weighted by Gasteiger charge is -2.07. The van der Waals surface area contributed by atoms with Crippen LogP contribution in [0.25, 0.3) is 10.2 Å².